The highest BCUT2D eigenvalue weighted by molar-refractivity contribution is 9.10. The molecule has 0 bridgehead atoms. The van der Waals surface area contributed by atoms with Gasteiger partial charge in [0.05, 0.1) is 26.6 Å². The third-order valence-electron chi connectivity index (χ3n) is 3.98. The Morgan fingerprint density at radius 3 is 1.65 bits per heavy atom. The van der Waals surface area contributed by atoms with Gasteiger partial charge in [0, 0.05) is 32.9 Å². The Kier molecular flexibility index (Phi) is 10.2. The summed E-state index contributed by atoms with van der Waals surface area (Å²) in [6, 6.07) is 10.9. The molecule has 0 saturated heterocycles. The summed E-state index contributed by atoms with van der Waals surface area (Å²) in [6.45, 7) is 0. The SMILES string of the molecule is COc1ccc(Br)cc1/C=N\NC(=O)CCCC(=O)N/N=C\c1cc(Br)ccc1OC. The highest BCUT2D eigenvalue weighted by atomic mass is 79.9. The van der Waals surface area contributed by atoms with Gasteiger partial charge in [-0.3, -0.25) is 9.59 Å². The summed E-state index contributed by atoms with van der Waals surface area (Å²) in [6.07, 6.45) is 3.68. The molecule has 2 N–H and O–H groups in total. The van der Waals surface area contributed by atoms with E-state index in [-0.39, 0.29) is 24.7 Å². The lowest BCUT2D eigenvalue weighted by Crippen LogP contribution is -2.20. The van der Waals surface area contributed by atoms with E-state index in [0.717, 1.165) is 20.1 Å². The van der Waals surface area contributed by atoms with Crippen molar-refractivity contribution < 1.29 is 19.1 Å². The maximum Gasteiger partial charge on any atom is 0.240 e. The van der Waals surface area contributed by atoms with Crippen LogP contribution in [0.2, 0.25) is 0 Å². The second-order valence-electron chi connectivity index (χ2n) is 6.21. The fraction of sp³-hybridized carbons (Fsp3) is 0.238. The van der Waals surface area contributed by atoms with Crippen LogP contribution in [0.25, 0.3) is 0 Å². The third kappa shape index (κ3) is 8.50. The van der Waals surface area contributed by atoms with Crippen molar-refractivity contribution in [2.75, 3.05) is 14.2 Å². The van der Waals surface area contributed by atoms with Crippen LogP contribution >= 0.6 is 31.9 Å². The molecule has 0 fully saturated rings. The zero-order valence-corrected chi connectivity index (χ0v) is 20.2. The second kappa shape index (κ2) is 12.9. The van der Waals surface area contributed by atoms with Gasteiger partial charge in [-0.15, -0.1) is 0 Å². The first-order chi connectivity index (χ1) is 14.9. The third-order valence-corrected chi connectivity index (χ3v) is 4.96. The van der Waals surface area contributed by atoms with Crippen LogP contribution in [0.4, 0.5) is 0 Å². The van der Waals surface area contributed by atoms with Gasteiger partial charge in [-0.2, -0.15) is 10.2 Å². The van der Waals surface area contributed by atoms with Gasteiger partial charge in [-0.25, -0.2) is 10.9 Å². The van der Waals surface area contributed by atoms with Gasteiger partial charge in [0.1, 0.15) is 11.5 Å². The zero-order chi connectivity index (χ0) is 22.6. The van der Waals surface area contributed by atoms with E-state index in [9.17, 15) is 9.59 Å². The van der Waals surface area contributed by atoms with Crippen LogP contribution in [0.15, 0.2) is 55.5 Å². The molecule has 0 unspecified atom stereocenters. The Labute approximate surface area is 197 Å². The van der Waals surface area contributed by atoms with E-state index < -0.39 is 0 Å². The highest BCUT2D eigenvalue weighted by Crippen LogP contribution is 2.22. The standard InChI is InChI=1S/C21H22Br2N4O4/c1-30-18-8-6-16(22)10-14(18)12-24-26-20(28)4-3-5-21(29)27-25-13-15-11-17(23)7-9-19(15)31-2/h6-13H,3-5H2,1-2H3,(H,26,28)(H,27,29)/b24-12-,25-13-. The van der Waals surface area contributed by atoms with Crippen LogP contribution in [0, 0.1) is 0 Å². The summed E-state index contributed by atoms with van der Waals surface area (Å²) in [5.41, 5.74) is 6.31. The molecule has 0 aromatic heterocycles. The topological polar surface area (TPSA) is 101 Å². The fourth-order valence-corrected chi connectivity index (χ4v) is 3.24. The van der Waals surface area contributed by atoms with Crippen molar-refractivity contribution in [1.29, 1.82) is 0 Å². The molecule has 0 saturated carbocycles. The van der Waals surface area contributed by atoms with Gasteiger partial charge in [0.25, 0.3) is 0 Å². The van der Waals surface area contributed by atoms with Crippen molar-refractivity contribution in [3.63, 3.8) is 0 Å². The van der Waals surface area contributed by atoms with E-state index in [2.05, 4.69) is 52.9 Å². The molecule has 0 heterocycles. The lowest BCUT2D eigenvalue weighted by Gasteiger charge is -2.05. The average Bonchev–Trinajstić information content (AvgIpc) is 2.74. The zero-order valence-electron chi connectivity index (χ0n) is 17.0. The van der Waals surface area contributed by atoms with E-state index in [0.29, 0.717) is 17.9 Å². The minimum absolute atomic E-state index is 0.156. The maximum absolute atomic E-state index is 11.9. The fourth-order valence-electron chi connectivity index (χ4n) is 2.48. The first kappa shape index (κ1) is 24.5. The molecule has 2 aromatic rings. The van der Waals surface area contributed by atoms with Gasteiger partial charge in [-0.1, -0.05) is 31.9 Å². The number of carbonyl (C=O) groups is 2. The smallest absolute Gasteiger partial charge is 0.240 e. The Morgan fingerprint density at radius 1 is 0.839 bits per heavy atom. The van der Waals surface area contributed by atoms with E-state index >= 15 is 0 Å². The highest BCUT2D eigenvalue weighted by Gasteiger charge is 2.06. The van der Waals surface area contributed by atoms with Crippen molar-refractivity contribution >= 4 is 56.1 Å². The number of halogens is 2. The molecule has 2 rings (SSSR count). The number of nitrogens with zero attached hydrogens (tertiary/aromatic N) is 2. The number of methoxy groups -OCH3 is 2. The monoisotopic (exact) mass is 552 g/mol. The molecule has 164 valence electrons. The van der Waals surface area contributed by atoms with Gasteiger partial charge >= 0.3 is 0 Å². The minimum atomic E-state index is -0.291. The summed E-state index contributed by atoms with van der Waals surface area (Å²) in [4.78, 5) is 23.8. The molecular formula is C21H22Br2N4O4. The first-order valence-electron chi connectivity index (χ1n) is 9.24. The van der Waals surface area contributed by atoms with Crippen molar-refractivity contribution in [2.45, 2.75) is 19.3 Å². The van der Waals surface area contributed by atoms with Gasteiger partial charge < -0.3 is 9.47 Å². The number of hydrogen-bond donors (Lipinski definition) is 2. The summed E-state index contributed by atoms with van der Waals surface area (Å²) in [5, 5.41) is 7.86. The van der Waals surface area contributed by atoms with Crippen molar-refractivity contribution in [2.24, 2.45) is 10.2 Å². The molecule has 31 heavy (non-hydrogen) atoms. The number of hydrazone groups is 2. The molecule has 0 atom stereocenters. The Balaban J connectivity index is 1.73. The molecule has 0 radical (unpaired) electrons. The van der Waals surface area contributed by atoms with Crippen LogP contribution in [-0.2, 0) is 9.59 Å². The summed E-state index contributed by atoms with van der Waals surface area (Å²) in [7, 11) is 3.12. The quantitative estimate of drug-likeness (QED) is 0.343. The van der Waals surface area contributed by atoms with Crippen LogP contribution in [0.1, 0.15) is 30.4 Å². The van der Waals surface area contributed by atoms with Crippen LogP contribution in [0.3, 0.4) is 0 Å². The normalized spacial score (nSPS) is 11.0. The summed E-state index contributed by atoms with van der Waals surface area (Å²) >= 11 is 6.75. The molecule has 0 aliphatic rings. The molecule has 0 aliphatic carbocycles. The number of benzene rings is 2. The van der Waals surface area contributed by atoms with E-state index in [1.54, 1.807) is 26.4 Å². The molecule has 2 amide bonds. The molecule has 2 aromatic carbocycles. The summed E-state index contributed by atoms with van der Waals surface area (Å²) < 4.78 is 12.2. The second-order valence-corrected chi connectivity index (χ2v) is 8.04. The number of nitrogens with one attached hydrogen (secondary N) is 2. The van der Waals surface area contributed by atoms with Crippen LogP contribution < -0.4 is 20.3 Å². The minimum Gasteiger partial charge on any atom is -0.496 e. The van der Waals surface area contributed by atoms with E-state index in [1.807, 2.05) is 24.3 Å². The van der Waals surface area contributed by atoms with E-state index in [1.165, 1.54) is 12.4 Å². The van der Waals surface area contributed by atoms with E-state index in [4.69, 9.17) is 9.47 Å². The summed E-state index contributed by atoms with van der Waals surface area (Å²) in [5.74, 6) is 0.693. The molecule has 0 aliphatic heterocycles. The molecular weight excluding hydrogens is 532 g/mol. The lowest BCUT2D eigenvalue weighted by molar-refractivity contribution is -0.122. The molecule has 8 nitrogen and oxygen atoms in total. The van der Waals surface area contributed by atoms with Crippen molar-refractivity contribution in [3.8, 4) is 11.5 Å². The van der Waals surface area contributed by atoms with Gasteiger partial charge in [0.15, 0.2) is 0 Å². The van der Waals surface area contributed by atoms with Gasteiger partial charge in [0.2, 0.25) is 11.8 Å². The Morgan fingerprint density at radius 2 is 1.26 bits per heavy atom. The molecule has 10 heteroatoms. The average molecular weight is 554 g/mol. The Bertz CT molecular complexity index is 902. The number of ether oxygens (including phenoxy) is 2. The van der Waals surface area contributed by atoms with Crippen LogP contribution in [0.5, 0.6) is 11.5 Å². The number of carbonyl (C=O) groups excluding carboxylic acids is 2. The van der Waals surface area contributed by atoms with Crippen molar-refractivity contribution in [3.05, 3.63) is 56.5 Å². The Hall–Kier alpha value is -2.72. The van der Waals surface area contributed by atoms with Crippen molar-refractivity contribution in [1.82, 2.24) is 10.9 Å². The van der Waals surface area contributed by atoms with Crippen LogP contribution in [-0.4, -0.2) is 38.5 Å². The number of amides is 2. The molecule has 0 spiro atoms. The van der Waals surface area contributed by atoms with Gasteiger partial charge in [-0.05, 0) is 42.8 Å². The largest absolute Gasteiger partial charge is 0.496 e. The lowest BCUT2D eigenvalue weighted by atomic mass is 10.2. The number of hydrogen-bond acceptors (Lipinski definition) is 6. The first-order valence-corrected chi connectivity index (χ1v) is 10.8. The predicted molar refractivity (Wildman–Crippen MR) is 127 cm³/mol. The number of rotatable bonds is 10. The predicted octanol–water partition coefficient (Wildman–Crippen LogP) is 4.00. The maximum atomic E-state index is 11.9.